The van der Waals surface area contributed by atoms with Crippen molar-refractivity contribution in [2.45, 2.75) is 64.1 Å². The fraction of sp³-hybridized carbons (Fsp3) is 0.591. The molecule has 5 atom stereocenters. The minimum Gasteiger partial charge on any atom is -0.461 e. The van der Waals surface area contributed by atoms with Gasteiger partial charge in [0.1, 0.15) is 48.9 Å². The summed E-state index contributed by atoms with van der Waals surface area (Å²) in [5.74, 6) is -0.952. The first kappa shape index (κ1) is 25.4. The van der Waals surface area contributed by atoms with E-state index in [1.807, 2.05) is 19.9 Å². The molecule has 0 aromatic carbocycles. The number of carbonyl (C=O) groups excluding carboxylic acids is 2. The van der Waals surface area contributed by atoms with Crippen LogP contribution in [-0.2, 0) is 24.7 Å². The van der Waals surface area contributed by atoms with E-state index in [0.29, 0.717) is 5.52 Å². The number of esters is 1. The van der Waals surface area contributed by atoms with Gasteiger partial charge in [-0.15, -0.1) is 0 Å². The molecule has 5 N–H and O–H groups in total. The van der Waals surface area contributed by atoms with E-state index in [4.69, 9.17) is 15.2 Å². The fourth-order valence-corrected chi connectivity index (χ4v) is 3.91. The summed E-state index contributed by atoms with van der Waals surface area (Å²) in [6.45, 7) is 6.87. The van der Waals surface area contributed by atoms with Gasteiger partial charge < -0.3 is 30.7 Å². The maximum absolute atomic E-state index is 12.7. The summed E-state index contributed by atoms with van der Waals surface area (Å²) < 4.78 is 12.4. The van der Waals surface area contributed by atoms with E-state index in [2.05, 4.69) is 15.4 Å². The lowest BCUT2D eigenvalue weighted by atomic mass is 9.92. The molecule has 3 rings (SSSR count). The summed E-state index contributed by atoms with van der Waals surface area (Å²) in [7, 11) is 0. The minimum absolute atomic E-state index is 0.122. The van der Waals surface area contributed by atoms with Gasteiger partial charge in [-0.05, 0) is 24.0 Å². The van der Waals surface area contributed by atoms with Crippen molar-refractivity contribution in [3.8, 4) is 6.07 Å². The van der Waals surface area contributed by atoms with Crippen LogP contribution in [0, 0.1) is 23.2 Å². The second-order valence-electron chi connectivity index (χ2n) is 9.12. The van der Waals surface area contributed by atoms with E-state index >= 15 is 0 Å². The first-order chi connectivity index (χ1) is 16.0. The number of anilines is 1. The number of nitrogens with zero attached hydrogens (tertiary/aromatic N) is 4. The standard InChI is InChI=1S/C22H30N6O6/c1-11(2)7-16(29)27-17(12(3)4)21(32)33-8-14-18(30)19(31)22(9-23,34-14)15-6-5-13-20(24)25-10-26-28(13)15/h5-6,10-12,14,17-19,30-31H,7-8H2,1-4H3,(H,27,29)(H2,24,25,26)/t14-,17+,18-,19-,22+/m1/s1. The first-order valence-electron chi connectivity index (χ1n) is 11.0. The predicted molar refractivity (Wildman–Crippen MR) is 119 cm³/mol. The molecule has 0 aliphatic carbocycles. The third kappa shape index (κ3) is 4.68. The molecule has 184 valence electrons. The van der Waals surface area contributed by atoms with E-state index in [1.54, 1.807) is 19.9 Å². The Kier molecular flexibility index (Phi) is 7.40. The molecule has 0 spiro atoms. The first-order valence-corrected chi connectivity index (χ1v) is 11.0. The lowest BCUT2D eigenvalue weighted by molar-refractivity contribution is -0.155. The normalized spacial score (nSPS) is 25.4. The van der Waals surface area contributed by atoms with Crippen molar-refractivity contribution < 1.29 is 29.3 Å². The Morgan fingerprint density at radius 2 is 2.06 bits per heavy atom. The van der Waals surface area contributed by atoms with Crippen molar-refractivity contribution in [1.29, 1.82) is 5.26 Å². The van der Waals surface area contributed by atoms with Crippen LogP contribution in [0.5, 0.6) is 0 Å². The van der Waals surface area contributed by atoms with E-state index in [0.717, 1.165) is 0 Å². The highest BCUT2D eigenvalue weighted by molar-refractivity contribution is 5.84. The monoisotopic (exact) mass is 474 g/mol. The van der Waals surface area contributed by atoms with Crippen molar-refractivity contribution in [3.63, 3.8) is 0 Å². The van der Waals surface area contributed by atoms with Crippen LogP contribution in [0.25, 0.3) is 5.52 Å². The molecule has 2 aromatic rings. The number of aliphatic hydroxyl groups is 2. The molecule has 1 aliphatic rings. The largest absolute Gasteiger partial charge is 0.461 e. The van der Waals surface area contributed by atoms with Crippen LogP contribution in [0.3, 0.4) is 0 Å². The van der Waals surface area contributed by atoms with Gasteiger partial charge in [0.15, 0.2) is 5.82 Å². The van der Waals surface area contributed by atoms with E-state index in [1.165, 1.54) is 16.9 Å². The van der Waals surface area contributed by atoms with Gasteiger partial charge in [-0.2, -0.15) is 10.4 Å². The molecule has 0 saturated carbocycles. The molecule has 1 fully saturated rings. The Labute approximate surface area is 196 Å². The number of ether oxygens (including phenoxy) is 2. The van der Waals surface area contributed by atoms with Gasteiger partial charge >= 0.3 is 5.97 Å². The number of aliphatic hydroxyl groups excluding tert-OH is 2. The SMILES string of the molecule is CC(C)CC(=O)N[C@H](C(=O)OC[C@H]1O[C@@](C#N)(c2ccc3c(N)ncnn23)[C@H](O)[C@@H]1O)C(C)C. The maximum Gasteiger partial charge on any atom is 0.328 e. The number of rotatable bonds is 8. The molecule has 1 amide bonds. The van der Waals surface area contributed by atoms with Crippen LogP contribution >= 0.6 is 0 Å². The number of amides is 1. The number of nitriles is 1. The van der Waals surface area contributed by atoms with Crippen molar-refractivity contribution in [1.82, 2.24) is 19.9 Å². The third-order valence-corrected chi connectivity index (χ3v) is 5.71. The molecule has 3 heterocycles. The van der Waals surface area contributed by atoms with Gasteiger partial charge in [-0.1, -0.05) is 27.7 Å². The fourth-order valence-electron chi connectivity index (χ4n) is 3.91. The van der Waals surface area contributed by atoms with Gasteiger partial charge in [0.2, 0.25) is 11.5 Å². The Balaban J connectivity index is 1.76. The number of carbonyl (C=O) groups is 2. The molecule has 2 aromatic heterocycles. The Morgan fingerprint density at radius 3 is 2.68 bits per heavy atom. The second-order valence-corrected chi connectivity index (χ2v) is 9.12. The summed E-state index contributed by atoms with van der Waals surface area (Å²) in [5, 5.41) is 38.0. The number of hydrogen-bond donors (Lipinski definition) is 4. The van der Waals surface area contributed by atoms with E-state index in [-0.39, 0.29) is 35.7 Å². The molecule has 12 nitrogen and oxygen atoms in total. The molecular weight excluding hydrogens is 444 g/mol. The molecular formula is C22H30N6O6. The van der Waals surface area contributed by atoms with Crippen molar-refractivity contribution in [3.05, 3.63) is 24.2 Å². The number of nitrogens with two attached hydrogens (primary N) is 1. The molecule has 0 bridgehead atoms. The number of fused-ring (bicyclic) bond motifs is 1. The van der Waals surface area contributed by atoms with E-state index < -0.39 is 42.5 Å². The quantitative estimate of drug-likeness (QED) is 0.376. The predicted octanol–water partition coefficient (Wildman–Crippen LogP) is -0.119. The van der Waals surface area contributed by atoms with Crippen molar-refractivity contribution in [2.24, 2.45) is 11.8 Å². The lowest BCUT2D eigenvalue weighted by Crippen LogP contribution is -2.46. The van der Waals surface area contributed by atoms with Gasteiger partial charge in [0, 0.05) is 6.42 Å². The van der Waals surface area contributed by atoms with Gasteiger partial charge in [-0.25, -0.2) is 14.3 Å². The highest BCUT2D eigenvalue weighted by Crippen LogP contribution is 2.40. The van der Waals surface area contributed by atoms with Crippen molar-refractivity contribution >= 4 is 23.2 Å². The number of nitrogens with one attached hydrogen (secondary N) is 1. The molecule has 34 heavy (non-hydrogen) atoms. The molecule has 12 heteroatoms. The zero-order valence-electron chi connectivity index (χ0n) is 19.5. The second kappa shape index (κ2) is 9.92. The summed E-state index contributed by atoms with van der Waals surface area (Å²) in [6, 6.07) is 4.08. The zero-order valence-corrected chi connectivity index (χ0v) is 19.5. The summed E-state index contributed by atoms with van der Waals surface area (Å²) >= 11 is 0. The topological polar surface area (TPSA) is 185 Å². The highest BCUT2D eigenvalue weighted by atomic mass is 16.6. The molecule has 1 saturated heterocycles. The Hall–Kier alpha value is -3.27. The van der Waals surface area contributed by atoms with Crippen LogP contribution in [0.4, 0.5) is 5.82 Å². The zero-order chi connectivity index (χ0) is 25.2. The van der Waals surface area contributed by atoms with Gasteiger partial charge in [-0.3, -0.25) is 4.79 Å². The summed E-state index contributed by atoms with van der Waals surface area (Å²) in [6.07, 6.45) is -2.96. The third-order valence-electron chi connectivity index (χ3n) is 5.71. The average molecular weight is 475 g/mol. The van der Waals surface area contributed by atoms with Crippen LogP contribution in [-0.4, -0.2) is 67.6 Å². The van der Waals surface area contributed by atoms with Gasteiger partial charge in [0.25, 0.3) is 0 Å². The van der Waals surface area contributed by atoms with Crippen LogP contribution < -0.4 is 11.1 Å². The number of nitrogen functional groups attached to an aromatic ring is 1. The summed E-state index contributed by atoms with van der Waals surface area (Å²) in [5.41, 5.74) is 4.38. The Bertz CT molecular complexity index is 1100. The van der Waals surface area contributed by atoms with Gasteiger partial charge in [0.05, 0.1) is 5.69 Å². The lowest BCUT2D eigenvalue weighted by Gasteiger charge is -2.24. The minimum atomic E-state index is -1.99. The van der Waals surface area contributed by atoms with E-state index in [9.17, 15) is 25.1 Å². The maximum atomic E-state index is 12.7. The van der Waals surface area contributed by atoms with Crippen molar-refractivity contribution in [2.75, 3.05) is 12.3 Å². The summed E-state index contributed by atoms with van der Waals surface area (Å²) in [4.78, 5) is 28.7. The van der Waals surface area contributed by atoms with Crippen LogP contribution in [0.15, 0.2) is 18.5 Å². The number of hydrogen-bond acceptors (Lipinski definition) is 10. The average Bonchev–Trinajstić information content (AvgIpc) is 3.31. The molecule has 1 aliphatic heterocycles. The Morgan fingerprint density at radius 1 is 1.35 bits per heavy atom. The molecule has 0 unspecified atom stereocenters. The highest BCUT2D eigenvalue weighted by Gasteiger charge is 2.58. The smallest absolute Gasteiger partial charge is 0.328 e. The number of aromatic nitrogens is 3. The van der Waals surface area contributed by atoms with Crippen LogP contribution in [0.1, 0.15) is 39.8 Å². The molecule has 0 radical (unpaired) electrons. The van der Waals surface area contributed by atoms with Crippen LogP contribution in [0.2, 0.25) is 0 Å².